The van der Waals surface area contributed by atoms with Crippen LogP contribution in [0.4, 0.5) is 0 Å². The van der Waals surface area contributed by atoms with Crippen LogP contribution in [0, 0.1) is 5.41 Å². The maximum Gasteiger partial charge on any atom is 0.0802 e. The third kappa shape index (κ3) is 1.83. The molecule has 2 atom stereocenters. The number of nitrogens with one attached hydrogen (secondary N) is 1. The highest BCUT2D eigenvalue weighted by Crippen LogP contribution is 2.57. The Labute approximate surface area is 111 Å². The van der Waals surface area contributed by atoms with E-state index >= 15 is 0 Å². The van der Waals surface area contributed by atoms with E-state index in [2.05, 4.69) is 12.2 Å². The Bertz CT molecular complexity index is 291. The highest BCUT2D eigenvalue weighted by atomic mass is 16.5. The normalized spacial score (nSPS) is 35.7. The summed E-state index contributed by atoms with van der Waals surface area (Å²) in [4.78, 5) is 0. The maximum absolute atomic E-state index is 5.89. The summed E-state index contributed by atoms with van der Waals surface area (Å²) in [6.07, 6.45) is 9.60. The minimum absolute atomic E-state index is 0.154. The predicted molar refractivity (Wildman–Crippen MR) is 71.7 cm³/mol. The lowest BCUT2D eigenvalue weighted by atomic mass is 9.51. The molecule has 2 unspecified atom stereocenters. The summed E-state index contributed by atoms with van der Waals surface area (Å²) in [6.45, 7) is 4.01. The molecule has 0 aromatic rings. The second kappa shape index (κ2) is 4.77. The van der Waals surface area contributed by atoms with E-state index in [9.17, 15) is 0 Å². The van der Waals surface area contributed by atoms with Crippen LogP contribution in [0.3, 0.4) is 0 Å². The molecule has 1 N–H and O–H groups in total. The van der Waals surface area contributed by atoms with Crippen LogP contribution in [-0.4, -0.2) is 38.0 Å². The molecule has 0 heterocycles. The molecule has 0 bridgehead atoms. The summed E-state index contributed by atoms with van der Waals surface area (Å²) in [5.74, 6) is 0. The fourth-order valence-electron chi connectivity index (χ4n) is 4.06. The Morgan fingerprint density at radius 1 is 1.17 bits per heavy atom. The average molecular weight is 253 g/mol. The number of ether oxygens (including phenoxy) is 2. The Morgan fingerprint density at radius 2 is 1.89 bits per heavy atom. The molecule has 18 heavy (non-hydrogen) atoms. The first-order valence-corrected chi connectivity index (χ1v) is 7.65. The van der Waals surface area contributed by atoms with Crippen LogP contribution in [0.2, 0.25) is 0 Å². The van der Waals surface area contributed by atoms with Crippen LogP contribution in [-0.2, 0) is 9.47 Å². The first-order chi connectivity index (χ1) is 8.75. The predicted octanol–water partition coefficient (Wildman–Crippen LogP) is 2.49. The zero-order valence-electron chi connectivity index (χ0n) is 11.8. The van der Waals surface area contributed by atoms with Crippen molar-refractivity contribution in [2.75, 3.05) is 20.3 Å². The first kappa shape index (κ1) is 12.9. The molecule has 0 saturated heterocycles. The van der Waals surface area contributed by atoms with Crippen molar-refractivity contribution in [2.24, 2.45) is 5.41 Å². The van der Waals surface area contributed by atoms with Gasteiger partial charge in [0.15, 0.2) is 0 Å². The van der Waals surface area contributed by atoms with E-state index in [1.807, 2.05) is 7.11 Å². The van der Waals surface area contributed by atoms with Gasteiger partial charge < -0.3 is 14.8 Å². The van der Waals surface area contributed by atoms with E-state index in [0.29, 0.717) is 17.6 Å². The van der Waals surface area contributed by atoms with Gasteiger partial charge in [-0.1, -0.05) is 6.42 Å². The van der Waals surface area contributed by atoms with Crippen LogP contribution in [0.25, 0.3) is 0 Å². The second-order valence-electron chi connectivity index (χ2n) is 6.44. The molecule has 1 spiro atoms. The third-order valence-electron chi connectivity index (χ3n) is 5.81. The molecule has 0 radical (unpaired) electrons. The summed E-state index contributed by atoms with van der Waals surface area (Å²) in [7, 11) is 1.86. The first-order valence-electron chi connectivity index (χ1n) is 7.65. The molecular formula is C15H27NO2. The summed E-state index contributed by atoms with van der Waals surface area (Å²) in [5.41, 5.74) is 0.635. The third-order valence-corrected chi connectivity index (χ3v) is 5.81. The van der Waals surface area contributed by atoms with E-state index in [1.54, 1.807) is 0 Å². The van der Waals surface area contributed by atoms with Crippen molar-refractivity contribution in [1.29, 1.82) is 0 Å². The highest BCUT2D eigenvalue weighted by Gasteiger charge is 2.59. The largest absolute Gasteiger partial charge is 0.378 e. The van der Waals surface area contributed by atoms with Gasteiger partial charge >= 0.3 is 0 Å². The Morgan fingerprint density at radius 3 is 2.33 bits per heavy atom. The molecule has 0 aromatic carbocycles. The summed E-state index contributed by atoms with van der Waals surface area (Å²) >= 11 is 0. The smallest absolute Gasteiger partial charge is 0.0802 e. The fraction of sp³-hybridized carbons (Fsp3) is 1.00. The number of methoxy groups -OCH3 is 1. The Kier molecular flexibility index (Phi) is 3.41. The van der Waals surface area contributed by atoms with Gasteiger partial charge in [-0.25, -0.2) is 0 Å². The van der Waals surface area contributed by atoms with Gasteiger partial charge in [0, 0.05) is 31.7 Å². The van der Waals surface area contributed by atoms with Crippen LogP contribution < -0.4 is 5.32 Å². The monoisotopic (exact) mass is 253 g/mol. The molecule has 104 valence electrons. The van der Waals surface area contributed by atoms with Gasteiger partial charge in [-0.2, -0.15) is 0 Å². The topological polar surface area (TPSA) is 30.5 Å². The van der Waals surface area contributed by atoms with Crippen molar-refractivity contribution in [3.8, 4) is 0 Å². The lowest BCUT2D eigenvalue weighted by Crippen LogP contribution is -2.68. The Balaban J connectivity index is 1.52. The van der Waals surface area contributed by atoms with Gasteiger partial charge in [0.1, 0.15) is 0 Å². The number of hydrogen-bond donors (Lipinski definition) is 1. The standard InChI is InChI=1S/C15H27NO2/c1-3-18-13-10-12(15(13)8-5-9-15)16-11-14(17-2)6-4-7-14/h12-13,16H,3-11H2,1-2H3. The average Bonchev–Trinajstić information content (AvgIpc) is 2.23. The van der Waals surface area contributed by atoms with Crippen LogP contribution in [0.1, 0.15) is 51.9 Å². The summed E-state index contributed by atoms with van der Waals surface area (Å²) in [6, 6.07) is 0.676. The SMILES string of the molecule is CCOC1CC(NCC2(OC)CCC2)C12CCC2. The van der Waals surface area contributed by atoms with Gasteiger partial charge in [0.05, 0.1) is 11.7 Å². The lowest BCUT2D eigenvalue weighted by molar-refractivity contribution is -0.178. The van der Waals surface area contributed by atoms with Gasteiger partial charge in [0.25, 0.3) is 0 Å². The zero-order valence-corrected chi connectivity index (χ0v) is 11.8. The Hall–Kier alpha value is -0.120. The maximum atomic E-state index is 5.89. The van der Waals surface area contributed by atoms with Crippen molar-refractivity contribution >= 4 is 0 Å². The van der Waals surface area contributed by atoms with E-state index in [0.717, 1.165) is 13.2 Å². The van der Waals surface area contributed by atoms with E-state index in [4.69, 9.17) is 9.47 Å². The van der Waals surface area contributed by atoms with E-state index in [1.165, 1.54) is 44.9 Å². The second-order valence-corrected chi connectivity index (χ2v) is 6.44. The molecule has 3 nitrogen and oxygen atoms in total. The highest BCUT2D eigenvalue weighted by molar-refractivity contribution is 5.12. The molecular weight excluding hydrogens is 226 g/mol. The molecule has 0 aliphatic heterocycles. The zero-order chi connectivity index (χ0) is 12.6. The van der Waals surface area contributed by atoms with Crippen molar-refractivity contribution in [3.63, 3.8) is 0 Å². The van der Waals surface area contributed by atoms with Gasteiger partial charge in [-0.15, -0.1) is 0 Å². The van der Waals surface area contributed by atoms with Crippen LogP contribution >= 0.6 is 0 Å². The van der Waals surface area contributed by atoms with Crippen LogP contribution in [0.5, 0.6) is 0 Å². The number of hydrogen-bond acceptors (Lipinski definition) is 3. The molecule has 3 rings (SSSR count). The number of rotatable bonds is 6. The minimum Gasteiger partial charge on any atom is -0.378 e. The van der Waals surface area contributed by atoms with E-state index in [-0.39, 0.29) is 5.60 Å². The van der Waals surface area contributed by atoms with E-state index < -0.39 is 0 Å². The van der Waals surface area contributed by atoms with Gasteiger partial charge in [-0.05, 0) is 45.4 Å². The fourth-order valence-corrected chi connectivity index (χ4v) is 4.06. The van der Waals surface area contributed by atoms with Gasteiger partial charge in [-0.3, -0.25) is 0 Å². The van der Waals surface area contributed by atoms with Crippen molar-refractivity contribution in [3.05, 3.63) is 0 Å². The lowest BCUT2D eigenvalue weighted by Gasteiger charge is -2.62. The molecule has 0 amide bonds. The van der Waals surface area contributed by atoms with Crippen LogP contribution in [0.15, 0.2) is 0 Å². The summed E-state index contributed by atoms with van der Waals surface area (Å²) in [5, 5.41) is 3.79. The quantitative estimate of drug-likeness (QED) is 0.789. The summed E-state index contributed by atoms with van der Waals surface area (Å²) < 4.78 is 11.6. The van der Waals surface area contributed by atoms with Gasteiger partial charge in [0.2, 0.25) is 0 Å². The van der Waals surface area contributed by atoms with Crippen molar-refractivity contribution in [2.45, 2.75) is 69.6 Å². The molecule has 3 saturated carbocycles. The van der Waals surface area contributed by atoms with Crippen molar-refractivity contribution < 1.29 is 9.47 Å². The molecule has 0 aromatic heterocycles. The molecule has 3 fully saturated rings. The molecule has 3 aliphatic rings. The molecule has 3 aliphatic carbocycles. The minimum atomic E-state index is 0.154. The molecule has 3 heteroatoms. The van der Waals surface area contributed by atoms with Crippen molar-refractivity contribution in [1.82, 2.24) is 5.32 Å².